The Hall–Kier alpha value is -2.89. The number of nitro benzene ring substituents is 1. The van der Waals surface area contributed by atoms with Crippen LogP contribution in [-0.4, -0.2) is 66.1 Å². The van der Waals surface area contributed by atoms with E-state index in [0.29, 0.717) is 0 Å². The van der Waals surface area contributed by atoms with Crippen LogP contribution in [0.1, 0.15) is 6.92 Å². The molecule has 1 N–H and O–H groups in total. The third-order valence-electron chi connectivity index (χ3n) is 4.75. The van der Waals surface area contributed by atoms with Crippen LogP contribution in [0.25, 0.3) is 0 Å². The molecule has 3 rings (SSSR count). The van der Waals surface area contributed by atoms with Gasteiger partial charge < -0.3 is 15.0 Å². The van der Waals surface area contributed by atoms with Crippen LogP contribution in [0.3, 0.4) is 0 Å². The SMILES string of the molecule is C[C@@H]1[C@H](C(F)(F)F)NCCN1C(=O)CN1C(=O)COc2ccc([N+](=O)[O-])cc21. The summed E-state index contributed by atoms with van der Waals surface area (Å²) in [5.74, 6) is -1.12. The first kappa shape index (κ1) is 19.9. The van der Waals surface area contributed by atoms with Crippen molar-refractivity contribution >= 4 is 23.2 Å². The first-order valence-corrected chi connectivity index (χ1v) is 8.40. The molecule has 2 aliphatic rings. The summed E-state index contributed by atoms with van der Waals surface area (Å²) in [5, 5.41) is 13.3. The van der Waals surface area contributed by atoms with E-state index in [1.54, 1.807) is 0 Å². The maximum Gasteiger partial charge on any atom is 0.405 e. The van der Waals surface area contributed by atoms with E-state index < -0.39 is 41.5 Å². The van der Waals surface area contributed by atoms with Gasteiger partial charge in [-0.3, -0.25) is 24.6 Å². The number of ether oxygens (including phenoxy) is 1. The zero-order chi connectivity index (χ0) is 20.6. The van der Waals surface area contributed by atoms with Crippen LogP contribution < -0.4 is 15.0 Å². The molecule has 0 spiro atoms. The van der Waals surface area contributed by atoms with Gasteiger partial charge in [0.2, 0.25) is 5.91 Å². The minimum Gasteiger partial charge on any atom is -0.482 e. The van der Waals surface area contributed by atoms with Crippen molar-refractivity contribution in [3.05, 3.63) is 28.3 Å². The van der Waals surface area contributed by atoms with Gasteiger partial charge in [-0.2, -0.15) is 13.2 Å². The van der Waals surface area contributed by atoms with Gasteiger partial charge >= 0.3 is 6.18 Å². The maximum atomic E-state index is 13.1. The number of hydrogen-bond donors (Lipinski definition) is 1. The average Bonchev–Trinajstić information content (AvgIpc) is 2.62. The molecule has 0 saturated carbocycles. The largest absolute Gasteiger partial charge is 0.482 e. The highest BCUT2D eigenvalue weighted by Crippen LogP contribution is 2.35. The Morgan fingerprint density at radius 2 is 2.14 bits per heavy atom. The number of fused-ring (bicyclic) bond motifs is 1. The molecule has 28 heavy (non-hydrogen) atoms. The molecule has 0 bridgehead atoms. The molecule has 12 heteroatoms. The number of nitro groups is 1. The number of alkyl halides is 3. The van der Waals surface area contributed by atoms with Gasteiger partial charge in [0.25, 0.3) is 11.6 Å². The van der Waals surface area contributed by atoms with Crippen molar-refractivity contribution in [2.24, 2.45) is 0 Å². The highest BCUT2D eigenvalue weighted by atomic mass is 19.4. The van der Waals surface area contributed by atoms with Gasteiger partial charge in [0, 0.05) is 25.2 Å². The fourth-order valence-corrected chi connectivity index (χ4v) is 3.34. The van der Waals surface area contributed by atoms with Crippen LogP contribution in [0.15, 0.2) is 18.2 Å². The Morgan fingerprint density at radius 1 is 1.43 bits per heavy atom. The van der Waals surface area contributed by atoms with Crippen molar-refractivity contribution in [3.63, 3.8) is 0 Å². The molecule has 0 aromatic heterocycles. The smallest absolute Gasteiger partial charge is 0.405 e. The number of nitrogens with zero attached hydrogens (tertiary/aromatic N) is 3. The summed E-state index contributed by atoms with van der Waals surface area (Å²) in [6, 6.07) is 0.561. The lowest BCUT2D eigenvalue weighted by Crippen LogP contribution is -2.64. The lowest BCUT2D eigenvalue weighted by atomic mass is 10.0. The first-order chi connectivity index (χ1) is 13.1. The first-order valence-electron chi connectivity index (χ1n) is 8.40. The highest BCUT2D eigenvalue weighted by molar-refractivity contribution is 6.02. The number of benzene rings is 1. The number of amides is 2. The molecule has 1 aromatic rings. The number of nitrogens with one attached hydrogen (secondary N) is 1. The number of anilines is 1. The van der Waals surface area contributed by atoms with Crippen LogP contribution >= 0.6 is 0 Å². The minimum absolute atomic E-state index is 0.0361. The predicted octanol–water partition coefficient (Wildman–Crippen LogP) is 1.07. The quantitative estimate of drug-likeness (QED) is 0.599. The van der Waals surface area contributed by atoms with Gasteiger partial charge in [0.05, 0.1) is 16.7 Å². The number of non-ortho nitro benzene ring substituents is 1. The zero-order valence-corrected chi connectivity index (χ0v) is 14.7. The molecule has 1 saturated heterocycles. The van der Waals surface area contributed by atoms with E-state index in [0.717, 1.165) is 15.9 Å². The Labute approximate surface area is 157 Å². The Bertz CT molecular complexity index is 816. The summed E-state index contributed by atoms with van der Waals surface area (Å²) in [4.78, 5) is 37.3. The molecule has 1 fully saturated rings. The van der Waals surface area contributed by atoms with Gasteiger partial charge in [-0.05, 0) is 13.0 Å². The van der Waals surface area contributed by atoms with Crippen LogP contribution in [0.5, 0.6) is 5.75 Å². The third-order valence-corrected chi connectivity index (χ3v) is 4.75. The summed E-state index contributed by atoms with van der Waals surface area (Å²) >= 11 is 0. The molecule has 2 heterocycles. The van der Waals surface area contributed by atoms with E-state index >= 15 is 0 Å². The normalized spacial score (nSPS) is 22.5. The summed E-state index contributed by atoms with van der Waals surface area (Å²) in [7, 11) is 0. The maximum absolute atomic E-state index is 13.1. The molecule has 2 aliphatic heterocycles. The van der Waals surface area contributed by atoms with E-state index in [1.165, 1.54) is 19.1 Å². The second-order valence-electron chi connectivity index (χ2n) is 6.48. The summed E-state index contributed by atoms with van der Waals surface area (Å²) in [6.45, 7) is 0.375. The fraction of sp³-hybridized carbons (Fsp3) is 0.500. The molecule has 0 aliphatic carbocycles. The Morgan fingerprint density at radius 3 is 2.79 bits per heavy atom. The molecule has 0 unspecified atom stereocenters. The average molecular weight is 402 g/mol. The number of piperazine rings is 1. The second-order valence-corrected chi connectivity index (χ2v) is 6.48. The minimum atomic E-state index is -4.53. The van der Waals surface area contributed by atoms with E-state index in [9.17, 15) is 32.9 Å². The fourth-order valence-electron chi connectivity index (χ4n) is 3.34. The van der Waals surface area contributed by atoms with E-state index in [1.807, 2.05) is 0 Å². The lowest BCUT2D eigenvalue weighted by molar-refractivity contribution is -0.384. The molecule has 2 amide bonds. The zero-order valence-electron chi connectivity index (χ0n) is 14.7. The Kier molecular flexibility index (Phi) is 5.15. The van der Waals surface area contributed by atoms with E-state index in [-0.39, 0.29) is 36.8 Å². The van der Waals surface area contributed by atoms with Crippen LogP contribution in [0.4, 0.5) is 24.5 Å². The van der Waals surface area contributed by atoms with Crippen molar-refractivity contribution in [1.29, 1.82) is 0 Å². The van der Waals surface area contributed by atoms with Gasteiger partial charge in [-0.25, -0.2) is 0 Å². The molecule has 1 aromatic carbocycles. The van der Waals surface area contributed by atoms with Gasteiger partial charge in [-0.1, -0.05) is 0 Å². The van der Waals surface area contributed by atoms with Crippen molar-refractivity contribution < 1.29 is 32.4 Å². The lowest BCUT2D eigenvalue weighted by Gasteiger charge is -2.41. The predicted molar refractivity (Wildman–Crippen MR) is 90.0 cm³/mol. The van der Waals surface area contributed by atoms with Crippen LogP contribution in [0.2, 0.25) is 0 Å². The molecule has 152 valence electrons. The topological polar surface area (TPSA) is 105 Å². The highest BCUT2D eigenvalue weighted by Gasteiger charge is 2.47. The molecular formula is C16H17F3N4O5. The molecule has 0 radical (unpaired) electrons. The van der Waals surface area contributed by atoms with Crippen LogP contribution in [-0.2, 0) is 9.59 Å². The van der Waals surface area contributed by atoms with Gasteiger partial charge in [0.1, 0.15) is 18.3 Å². The number of hydrogen-bond acceptors (Lipinski definition) is 6. The van der Waals surface area contributed by atoms with E-state index in [4.69, 9.17) is 4.74 Å². The molecule has 9 nitrogen and oxygen atoms in total. The van der Waals surface area contributed by atoms with Crippen molar-refractivity contribution in [2.45, 2.75) is 25.2 Å². The number of halogens is 3. The van der Waals surface area contributed by atoms with Gasteiger partial charge in [-0.15, -0.1) is 0 Å². The van der Waals surface area contributed by atoms with Crippen molar-refractivity contribution in [2.75, 3.05) is 31.1 Å². The standard InChI is InChI=1S/C16H17F3N4O5/c1-9-15(16(17,18)19)20-4-5-21(9)13(24)7-22-11-6-10(23(26)27)2-3-12(11)28-8-14(22)25/h2-3,6,9,15,20H,4-5,7-8H2,1H3/t9-,15-/m1/s1. The Balaban J connectivity index is 1.83. The molecular weight excluding hydrogens is 385 g/mol. The van der Waals surface area contributed by atoms with Crippen LogP contribution in [0, 0.1) is 10.1 Å². The number of carbonyl (C=O) groups is 2. The monoisotopic (exact) mass is 402 g/mol. The number of carbonyl (C=O) groups excluding carboxylic acids is 2. The number of rotatable bonds is 3. The van der Waals surface area contributed by atoms with Crippen molar-refractivity contribution in [3.8, 4) is 5.75 Å². The second kappa shape index (κ2) is 7.26. The summed E-state index contributed by atoms with van der Waals surface area (Å²) in [5.41, 5.74) is -0.267. The molecule has 2 atom stereocenters. The summed E-state index contributed by atoms with van der Waals surface area (Å²) < 4.78 is 44.6. The van der Waals surface area contributed by atoms with Crippen molar-refractivity contribution in [1.82, 2.24) is 10.2 Å². The summed E-state index contributed by atoms with van der Waals surface area (Å²) in [6.07, 6.45) is -4.53. The van der Waals surface area contributed by atoms with Gasteiger partial charge in [0.15, 0.2) is 6.61 Å². The third kappa shape index (κ3) is 3.72. The van der Waals surface area contributed by atoms with E-state index in [2.05, 4.69) is 5.32 Å².